The Hall–Kier alpha value is -2.35. The molecule has 0 radical (unpaired) electrons. The van der Waals surface area contributed by atoms with Gasteiger partial charge in [0.15, 0.2) is 12.2 Å². The van der Waals surface area contributed by atoms with Crippen LogP contribution in [0.1, 0.15) is 32.1 Å². The molecule has 0 saturated carbocycles. The van der Waals surface area contributed by atoms with Crippen LogP contribution in [0.25, 0.3) is 0 Å². The summed E-state index contributed by atoms with van der Waals surface area (Å²) in [5.41, 5.74) is 5.64. The molecular weight excluding hydrogens is 394 g/mol. The van der Waals surface area contributed by atoms with E-state index in [2.05, 4.69) is 16.9 Å². The van der Waals surface area contributed by atoms with Crippen LogP contribution < -0.4 is 10.9 Å². The Bertz CT molecular complexity index is 719. The van der Waals surface area contributed by atoms with Gasteiger partial charge in [0.25, 0.3) is 11.8 Å². The number of aliphatic hydroxyl groups excluding tert-OH is 2. The van der Waals surface area contributed by atoms with Crippen LogP contribution in [0.2, 0.25) is 0 Å². The second kappa shape index (κ2) is 12.3. The molecular formula is C21H28ClN3O4. The molecule has 7 nitrogen and oxygen atoms in total. The van der Waals surface area contributed by atoms with Crippen LogP contribution in [-0.2, 0) is 9.59 Å². The first-order valence-electron chi connectivity index (χ1n) is 9.75. The van der Waals surface area contributed by atoms with E-state index in [4.69, 9.17) is 11.6 Å². The van der Waals surface area contributed by atoms with Crippen molar-refractivity contribution in [3.05, 3.63) is 59.3 Å². The van der Waals surface area contributed by atoms with E-state index in [0.29, 0.717) is 18.8 Å². The molecule has 3 rings (SSSR count). The fourth-order valence-electron chi connectivity index (χ4n) is 2.87. The number of nitrogens with zero attached hydrogens (tertiary/aromatic N) is 1. The molecule has 0 aromatic rings. The highest BCUT2D eigenvalue weighted by Gasteiger charge is 2.34. The molecule has 4 N–H and O–H groups in total. The third-order valence-corrected chi connectivity index (χ3v) is 4.80. The van der Waals surface area contributed by atoms with Gasteiger partial charge in [0, 0.05) is 23.8 Å². The van der Waals surface area contributed by atoms with Gasteiger partial charge in [0.05, 0.1) is 0 Å². The molecule has 2 aliphatic carbocycles. The van der Waals surface area contributed by atoms with Gasteiger partial charge >= 0.3 is 0 Å². The first-order chi connectivity index (χ1) is 14.0. The summed E-state index contributed by atoms with van der Waals surface area (Å²) in [6.07, 6.45) is 16.5. The number of amides is 2. The van der Waals surface area contributed by atoms with E-state index >= 15 is 0 Å². The van der Waals surface area contributed by atoms with Crippen molar-refractivity contribution in [2.75, 3.05) is 13.1 Å². The second-order valence-corrected chi connectivity index (χ2v) is 7.22. The van der Waals surface area contributed by atoms with Crippen molar-refractivity contribution in [3.63, 3.8) is 0 Å². The van der Waals surface area contributed by atoms with Crippen molar-refractivity contribution in [2.45, 2.75) is 44.3 Å². The lowest BCUT2D eigenvalue weighted by atomic mass is 10.1. The lowest BCUT2D eigenvalue weighted by Crippen LogP contribution is -2.52. The topological polar surface area (TPSA) is 102 Å². The molecule has 2 amide bonds. The molecule has 2 unspecified atom stereocenters. The van der Waals surface area contributed by atoms with Gasteiger partial charge in [-0.15, -0.1) is 0 Å². The summed E-state index contributed by atoms with van der Waals surface area (Å²) in [5, 5.41) is 20.4. The number of nitrogens with one attached hydrogen (secondary N) is 2. The third kappa shape index (κ3) is 7.89. The van der Waals surface area contributed by atoms with Gasteiger partial charge in [-0.2, -0.15) is 0 Å². The number of rotatable bonds is 5. The molecule has 1 heterocycles. The number of carbonyl (C=O) groups is 2. The first-order valence-corrected chi connectivity index (χ1v) is 10.1. The van der Waals surface area contributed by atoms with Crippen LogP contribution in [0.5, 0.6) is 0 Å². The lowest BCUT2D eigenvalue weighted by Gasteiger charge is -2.23. The molecule has 0 bridgehead atoms. The number of hydrogen-bond acceptors (Lipinski definition) is 5. The van der Waals surface area contributed by atoms with Crippen molar-refractivity contribution in [2.24, 2.45) is 0 Å². The largest absolute Gasteiger partial charge is 0.380 e. The van der Waals surface area contributed by atoms with E-state index in [-0.39, 0.29) is 0 Å². The zero-order valence-electron chi connectivity index (χ0n) is 16.3. The van der Waals surface area contributed by atoms with Crippen molar-refractivity contribution in [3.8, 4) is 0 Å². The molecule has 29 heavy (non-hydrogen) atoms. The van der Waals surface area contributed by atoms with E-state index in [0.717, 1.165) is 37.1 Å². The SMILES string of the molecule is ClC1=CCC=CC=C1.O=C(NNC1=CCCC=C1)C(O)C(O)C(=O)N1CCCC1. The minimum atomic E-state index is -1.79. The standard InChI is InChI=1S/C14H21N3O4.C7H7Cl/c18-11(12(19)14(21)17-8-4-5-9-17)13(20)16-15-10-6-2-1-3-7-10;8-7-5-3-1-2-4-6-7/h2,6-7,11-12,15,18-19H,1,3-5,8-9H2,(H,16,20);1-3,5-6H,4H2. The average molecular weight is 422 g/mol. The summed E-state index contributed by atoms with van der Waals surface area (Å²) < 4.78 is 0. The second-order valence-electron chi connectivity index (χ2n) is 6.79. The van der Waals surface area contributed by atoms with Crippen LogP contribution in [0.4, 0.5) is 0 Å². The van der Waals surface area contributed by atoms with Crippen LogP contribution in [0, 0.1) is 0 Å². The molecule has 0 aromatic carbocycles. The van der Waals surface area contributed by atoms with Gasteiger partial charge in [0.2, 0.25) is 0 Å². The van der Waals surface area contributed by atoms with Gasteiger partial charge in [-0.25, -0.2) is 0 Å². The number of aliphatic hydroxyl groups is 2. The molecule has 0 aromatic heterocycles. The van der Waals surface area contributed by atoms with Crippen molar-refractivity contribution in [1.29, 1.82) is 0 Å². The summed E-state index contributed by atoms with van der Waals surface area (Å²) in [6, 6.07) is 0. The van der Waals surface area contributed by atoms with Crippen LogP contribution in [0.3, 0.4) is 0 Å². The predicted molar refractivity (Wildman–Crippen MR) is 112 cm³/mol. The van der Waals surface area contributed by atoms with E-state index in [9.17, 15) is 19.8 Å². The van der Waals surface area contributed by atoms with Crippen LogP contribution in [0.15, 0.2) is 59.3 Å². The highest BCUT2D eigenvalue weighted by atomic mass is 35.5. The fourth-order valence-corrected chi connectivity index (χ4v) is 3.03. The Morgan fingerprint density at radius 2 is 1.76 bits per heavy atom. The number of allylic oxidation sites excluding steroid dienone is 9. The molecule has 3 aliphatic rings. The molecule has 158 valence electrons. The average Bonchev–Trinajstić information content (AvgIpc) is 3.18. The molecule has 8 heteroatoms. The predicted octanol–water partition coefficient (Wildman–Crippen LogP) is 1.81. The number of carbonyl (C=O) groups excluding carboxylic acids is 2. The van der Waals surface area contributed by atoms with Crippen molar-refractivity contribution in [1.82, 2.24) is 15.8 Å². The summed E-state index contributed by atoms with van der Waals surface area (Å²) in [5.74, 6) is -1.44. The molecule has 1 saturated heterocycles. The third-order valence-electron chi connectivity index (χ3n) is 4.52. The quantitative estimate of drug-likeness (QED) is 0.507. The van der Waals surface area contributed by atoms with Gasteiger partial charge in [-0.1, -0.05) is 48.1 Å². The van der Waals surface area contributed by atoms with Gasteiger partial charge in [0.1, 0.15) is 0 Å². The number of likely N-dealkylation sites (tertiary alicyclic amines) is 1. The highest BCUT2D eigenvalue weighted by Crippen LogP contribution is 2.11. The number of hydrazine groups is 1. The normalized spacial score (nSPS) is 19.9. The molecule has 0 spiro atoms. The van der Waals surface area contributed by atoms with E-state index in [1.807, 2.05) is 42.5 Å². The van der Waals surface area contributed by atoms with E-state index < -0.39 is 24.0 Å². The number of hydrogen-bond donors (Lipinski definition) is 4. The smallest absolute Gasteiger partial charge is 0.270 e. The zero-order valence-corrected chi connectivity index (χ0v) is 17.0. The van der Waals surface area contributed by atoms with E-state index in [1.165, 1.54) is 4.90 Å². The summed E-state index contributed by atoms with van der Waals surface area (Å²) in [6.45, 7) is 1.11. The molecule has 1 aliphatic heterocycles. The number of halogens is 1. The maximum absolute atomic E-state index is 11.9. The minimum Gasteiger partial charge on any atom is -0.380 e. The van der Waals surface area contributed by atoms with Gasteiger partial charge < -0.3 is 15.1 Å². The summed E-state index contributed by atoms with van der Waals surface area (Å²) >= 11 is 5.66. The maximum Gasteiger partial charge on any atom is 0.270 e. The summed E-state index contributed by atoms with van der Waals surface area (Å²) in [7, 11) is 0. The summed E-state index contributed by atoms with van der Waals surface area (Å²) in [4.78, 5) is 25.1. The van der Waals surface area contributed by atoms with E-state index in [1.54, 1.807) is 0 Å². The molecule has 2 atom stereocenters. The fraction of sp³-hybridized carbons (Fsp3) is 0.429. The van der Waals surface area contributed by atoms with Crippen LogP contribution >= 0.6 is 11.6 Å². The Kier molecular flexibility index (Phi) is 9.70. The Morgan fingerprint density at radius 3 is 2.45 bits per heavy atom. The molecule has 1 fully saturated rings. The Balaban J connectivity index is 0.000000313. The minimum absolute atomic E-state index is 0.556. The first kappa shape index (κ1) is 22.9. The van der Waals surface area contributed by atoms with Gasteiger partial charge in [-0.05, 0) is 44.3 Å². The van der Waals surface area contributed by atoms with Crippen molar-refractivity contribution >= 4 is 23.4 Å². The Labute approximate surface area is 176 Å². The maximum atomic E-state index is 11.9. The monoisotopic (exact) mass is 421 g/mol. The lowest BCUT2D eigenvalue weighted by molar-refractivity contribution is -0.152. The van der Waals surface area contributed by atoms with Gasteiger partial charge in [-0.3, -0.25) is 20.4 Å². The Morgan fingerprint density at radius 1 is 1.00 bits per heavy atom. The van der Waals surface area contributed by atoms with Crippen LogP contribution in [-0.4, -0.2) is 52.2 Å². The van der Waals surface area contributed by atoms with Crippen molar-refractivity contribution < 1.29 is 19.8 Å². The zero-order chi connectivity index (χ0) is 21.1. The highest BCUT2D eigenvalue weighted by molar-refractivity contribution is 6.31.